The maximum absolute atomic E-state index is 13.3. The van der Waals surface area contributed by atoms with Crippen LogP contribution in [0.1, 0.15) is 46.4 Å². The van der Waals surface area contributed by atoms with Crippen molar-refractivity contribution in [2.24, 2.45) is 0 Å². The molecule has 27 heavy (non-hydrogen) atoms. The number of carbonyl (C=O) groups is 2. The molecule has 140 valence electrons. The molecule has 2 heterocycles. The molecular weight excluding hydrogens is 395 g/mol. The van der Waals surface area contributed by atoms with E-state index < -0.39 is 11.9 Å². The highest BCUT2D eigenvalue weighted by Crippen LogP contribution is 2.35. The molecule has 2 aliphatic rings. The second kappa shape index (κ2) is 6.90. The first kappa shape index (κ1) is 17.9. The van der Waals surface area contributed by atoms with Gasteiger partial charge >= 0.3 is 5.97 Å². The number of nitrogens with zero attached hydrogens (tertiary/aromatic N) is 5. The number of anilines is 2. The lowest BCUT2D eigenvalue weighted by Gasteiger charge is -2.23. The average Bonchev–Trinajstić information content (AvgIpc) is 3.50. The third-order valence-corrected chi connectivity index (χ3v) is 4.60. The van der Waals surface area contributed by atoms with E-state index in [9.17, 15) is 14.7 Å². The van der Waals surface area contributed by atoms with Gasteiger partial charge in [0, 0.05) is 24.5 Å². The van der Waals surface area contributed by atoms with Gasteiger partial charge in [-0.05, 0) is 48.9 Å². The van der Waals surface area contributed by atoms with Gasteiger partial charge in [-0.3, -0.25) is 9.69 Å². The standard InChI is InChI=1S/C16H14Cl2N6O3/c17-15-19-5-9(11(22-15)21-7-1-2-7)13(25)24(8-3-4-8)12-10(14(26)27)6-20-16(18)23-12/h5-8H,1-4H2,(H,26,27)(H,19,21,22). The zero-order valence-corrected chi connectivity index (χ0v) is 15.4. The number of carboxylic acid groups (broad SMARTS) is 1. The van der Waals surface area contributed by atoms with E-state index in [1.165, 1.54) is 11.1 Å². The summed E-state index contributed by atoms with van der Waals surface area (Å²) in [7, 11) is 0. The van der Waals surface area contributed by atoms with Gasteiger partial charge < -0.3 is 10.4 Å². The third-order valence-electron chi connectivity index (χ3n) is 4.24. The van der Waals surface area contributed by atoms with Crippen LogP contribution in [0.15, 0.2) is 12.4 Å². The van der Waals surface area contributed by atoms with E-state index in [0.717, 1.165) is 31.9 Å². The van der Waals surface area contributed by atoms with E-state index >= 15 is 0 Å². The highest BCUT2D eigenvalue weighted by atomic mass is 35.5. The number of amides is 1. The zero-order chi connectivity index (χ0) is 19.1. The zero-order valence-electron chi connectivity index (χ0n) is 13.9. The summed E-state index contributed by atoms with van der Waals surface area (Å²) in [5.41, 5.74) is -0.00416. The lowest BCUT2D eigenvalue weighted by molar-refractivity contribution is 0.0697. The largest absolute Gasteiger partial charge is 0.477 e. The van der Waals surface area contributed by atoms with Gasteiger partial charge in [-0.2, -0.15) is 9.97 Å². The minimum absolute atomic E-state index is 0.0176. The van der Waals surface area contributed by atoms with Crippen LogP contribution in [-0.4, -0.2) is 49.0 Å². The number of hydrogen-bond acceptors (Lipinski definition) is 7. The molecule has 0 spiro atoms. The molecule has 0 bridgehead atoms. The van der Waals surface area contributed by atoms with Crippen molar-refractivity contribution >= 4 is 46.7 Å². The SMILES string of the molecule is O=C(O)c1cnc(Cl)nc1N(C(=O)c1cnc(Cl)nc1NC1CC1)C1CC1. The molecule has 0 aliphatic heterocycles. The Morgan fingerprint density at radius 2 is 1.67 bits per heavy atom. The van der Waals surface area contributed by atoms with Crippen LogP contribution in [0.25, 0.3) is 0 Å². The molecule has 2 aromatic heterocycles. The Bertz CT molecular complexity index is 932. The number of carboxylic acids is 1. The van der Waals surface area contributed by atoms with Crippen LogP contribution in [0.4, 0.5) is 11.6 Å². The highest BCUT2D eigenvalue weighted by molar-refractivity contribution is 6.29. The number of carbonyl (C=O) groups excluding carboxylic acids is 1. The summed E-state index contributed by atoms with van der Waals surface area (Å²) < 4.78 is 0. The first-order chi connectivity index (χ1) is 12.9. The summed E-state index contributed by atoms with van der Waals surface area (Å²) in [6.45, 7) is 0. The highest BCUT2D eigenvalue weighted by Gasteiger charge is 2.39. The summed E-state index contributed by atoms with van der Waals surface area (Å²) in [5, 5.41) is 12.5. The molecule has 2 N–H and O–H groups in total. The Morgan fingerprint density at radius 3 is 2.26 bits per heavy atom. The van der Waals surface area contributed by atoms with E-state index in [1.54, 1.807) is 0 Å². The van der Waals surface area contributed by atoms with Gasteiger partial charge in [-0.15, -0.1) is 0 Å². The number of hydrogen-bond donors (Lipinski definition) is 2. The van der Waals surface area contributed by atoms with Crippen LogP contribution < -0.4 is 10.2 Å². The van der Waals surface area contributed by atoms with Gasteiger partial charge in [0.2, 0.25) is 10.6 Å². The van der Waals surface area contributed by atoms with Gasteiger partial charge in [0.25, 0.3) is 5.91 Å². The van der Waals surface area contributed by atoms with Crippen molar-refractivity contribution in [3.63, 3.8) is 0 Å². The van der Waals surface area contributed by atoms with Crippen molar-refractivity contribution in [3.8, 4) is 0 Å². The van der Waals surface area contributed by atoms with Crippen molar-refractivity contribution in [1.82, 2.24) is 19.9 Å². The Morgan fingerprint density at radius 1 is 1.04 bits per heavy atom. The normalized spacial score (nSPS) is 16.1. The third kappa shape index (κ3) is 3.79. The van der Waals surface area contributed by atoms with Gasteiger partial charge in [-0.1, -0.05) is 0 Å². The number of halogens is 2. The molecule has 2 fully saturated rings. The molecule has 0 aromatic carbocycles. The maximum Gasteiger partial charge on any atom is 0.341 e. The molecular formula is C16H14Cl2N6O3. The Balaban J connectivity index is 1.77. The number of aromatic carboxylic acids is 1. The van der Waals surface area contributed by atoms with Crippen LogP contribution in [0, 0.1) is 0 Å². The van der Waals surface area contributed by atoms with Crippen molar-refractivity contribution in [2.75, 3.05) is 10.2 Å². The van der Waals surface area contributed by atoms with Crippen molar-refractivity contribution in [2.45, 2.75) is 37.8 Å². The number of nitrogens with one attached hydrogen (secondary N) is 1. The summed E-state index contributed by atoms with van der Waals surface area (Å²) in [4.78, 5) is 42.0. The molecule has 2 aliphatic carbocycles. The van der Waals surface area contributed by atoms with Gasteiger partial charge in [0.1, 0.15) is 16.9 Å². The smallest absolute Gasteiger partial charge is 0.341 e. The molecule has 11 heteroatoms. The first-order valence-electron chi connectivity index (χ1n) is 8.32. The van der Waals surface area contributed by atoms with Crippen LogP contribution in [-0.2, 0) is 0 Å². The summed E-state index contributed by atoms with van der Waals surface area (Å²) in [5.74, 6) is -1.43. The predicted molar refractivity (Wildman–Crippen MR) is 97.5 cm³/mol. The molecule has 2 aromatic rings. The van der Waals surface area contributed by atoms with Crippen LogP contribution in [0.2, 0.25) is 10.6 Å². The van der Waals surface area contributed by atoms with Gasteiger partial charge in [0.15, 0.2) is 5.82 Å². The molecule has 0 unspecified atom stereocenters. The second-order valence-corrected chi connectivity index (χ2v) is 7.08. The molecule has 1 amide bonds. The van der Waals surface area contributed by atoms with Crippen molar-refractivity contribution in [3.05, 3.63) is 34.1 Å². The summed E-state index contributed by atoms with van der Waals surface area (Å²) in [6.07, 6.45) is 5.84. The average molecular weight is 409 g/mol. The van der Waals surface area contributed by atoms with Crippen LogP contribution in [0.5, 0.6) is 0 Å². The van der Waals surface area contributed by atoms with E-state index in [2.05, 4.69) is 25.3 Å². The quantitative estimate of drug-likeness (QED) is 0.699. The fraction of sp³-hybridized carbons (Fsp3) is 0.375. The fourth-order valence-corrected chi connectivity index (χ4v) is 2.89. The maximum atomic E-state index is 13.3. The summed E-state index contributed by atoms with van der Waals surface area (Å²) in [6, 6.07) is 0.0611. The van der Waals surface area contributed by atoms with Gasteiger partial charge in [-0.25, -0.2) is 14.8 Å². The monoisotopic (exact) mass is 408 g/mol. The van der Waals surface area contributed by atoms with E-state index in [-0.39, 0.29) is 39.6 Å². The van der Waals surface area contributed by atoms with E-state index in [0.29, 0.717) is 5.82 Å². The molecule has 0 radical (unpaired) electrons. The number of aromatic nitrogens is 4. The van der Waals surface area contributed by atoms with Crippen molar-refractivity contribution in [1.29, 1.82) is 0 Å². The topological polar surface area (TPSA) is 121 Å². The van der Waals surface area contributed by atoms with Crippen LogP contribution >= 0.6 is 23.2 Å². The lowest BCUT2D eigenvalue weighted by atomic mass is 10.2. The van der Waals surface area contributed by atoms with Crippen molar-refractivity contribution < 1.29 is 14.7 Å². The van der Waals surface area contributed by atoms with E-state index in [1.807, 2.05) is 0 Å². The molecule has 0 atom stereocenters. The van der Waals surface area contributed by atoms with E-state index in [4.69, 9.17) is 23.2 Å². The first-order valence-corrected chi connectivity index (χ1v) is 9.08. The Kier molecular flexibility index (Phi) is 4.56. The summed E-state index contributed by atoms with van der Waals surface area (Å²) >= 11 is 11.7. The lowest BCUT2D eigenvalue weighted by Crippen LogP contribution is -2.36. The van der Waals surface area contributed by atoms with Crippen LogP contribution in [0.3, 0.4) is 0 Å². The Labute approximate surface area is 163 Å². The second-order valence-electron chi connectivity index (χ2n) is 6.41. The minimum atomic E-state index is -1.25. The Hall–Kier alpha value is -2.52. The number of rotatable bonds is 6. The minimum Gasteiger partial charge on any atom is -0.477 e. The molecule has 9 nitrogen and oxygen atoms in total. The predicted octanol–water partition coefficient (Wildman–Crippen LogP) is 2.66. The van der Waals surface area contributed by atoms with Gasteiger partial charge in [0.05, 0.1) is 0 Å². The molecule has 2 saturated carbocycles. The fourth-order valence-electron chi connectivity index (χ4n) is 2.63. The molecule has 4 rings (SSSR count). The molecule has 0 saturated heterocycles.